The molecule has 0 aliphatic carbocycles. The molecule has 0 unspecified atom stereocenters. The van der Waals surface area contributed by atoms with Gasteiger partial charge >= 0.3 is 0 Å². The number of benzene rings is 2. The van der Waals surface area contributed by atoms with E-state index in [-0.39, 0.29) is 12.0 Å². The van der Waals surface area contributed by atoms with Crippen molar-refractivity contribution in [3.05, 3.63) is 60.2 Å². The number of piperidine rings is 1. The van der Waals surface area contributed by atoms with E-state index in [0.29, 0.717) is 6.04 Å². The number of likely N-dealkylation sites (tertiary alicyclic amines) is 2. The lowest BCUT2D eigenvalue weighted by molar-refractivity contribution is -0.0258. The second-order valence-corrected chi connectivity index (χ2v) is 7.23. The van der Waals surface area contributed by atoms with Crippen LogP contribution in [-0.2, 0) is 0 Å². The van der Waals surface area contributed by atoms with Gasteiger partial charge in [-0.15, -0.1) is 0 Å². The van der Waals surface area contributed by atoms with Gasteiger partial charge in [0.2, 0.25) is 0 Å². The normalized spacial score (nSPS) is 18.8. The summed E-state index contributed by atoms with van der Waals surface area (Å²) in [5.74, 6) is 1.74. The van der Waals surface area contributed by atoms with E-state index in [1.165, 1.54) is 0 Å². The zero-order valence-corrected chi connectivity index (χ0v) is 15.7. The highest BCUT2D eigenvalue weighted by Gasteiger charge is 2.36. The summed E-state index contributed by atoms with van der Waals surface area (Å²) in [4.78, 5) is 17.0. The van der Waals surface area contributed by atoms with Crippen molar-refractivity contribution in [1.82, 2.24) is 9.80 Å². The highest BCUT2D eigenvalue weighted by molar-refractivity contribution is 5.94. The van der Waals surface area contributed by atoms with E-state index in [0.717, 1.165) is 56.1 Å². The van der Waals surface area contributed by atoms with Crippen LogP contribution in [0.5, 0.6) is 11.5 Å². The van der Waals surface area contributed by atoms with Crippen molar-refractivity contribution in [2.24, 2.45) is 0 Å². The van der Waals surface area contributed by atoms with E-state index in [9.17, 15) is 4.79 Å². The molecule has 2 aromatic rings. The second kappa shape index (κ2) is 8.01. The van der Waals surface area contributed by atoms with Gasteiger partial charge in [0.1, 0.15) is 6.10 Å². The Hall–Kier alpha value is -2.53. The predicted molar refractivity (Wildman–Crippen MR) is 104 cm³/mol. The van der Waals surface area contributed by atoms with E-state index < -0.39 is 0 Å². The van der Waals surface area contributed by atoms with Crippen LogP contribution in [0.25, 0.3) is 0 Å². The lowest BCUT2D eigenvalue weighted by Gasteiger charge is -2.46. The first-order valence-electron chi connectivity index (χ1n) is 9.62. The molecule has 2 aromatic carbocycles. The number of carbonyl (C=O) groups excluding carboxylic acids is 1. The number of ether oxygens (including phenoxy) is 2. The van der Waals surface area contributed by atoms with Crippen LogP contribution >= 0.6 is 0 Å². The number of para-hydroxylation sites is 2. The van der Waals surface area contributed by atoms with E-state index in [4.69, 9.17) is 9.47 Å². The predicted octanol–water partition coefficient (Wildman–Crippen LogP) is 3.06. The Morgan fingerprint density at radius 3 is 2.22 bits per heavy atom. The summed E-state index contributed by atoms with van der Waals surface area (Å²) >= 11 is 0. The smallest absolute Gasteiger partial charge is 0.253 e. The number of hydrogen-bond donors (Lipinski definition) is 0. The standard InChI is InChI=1S/C22H26N2O3/c1-26-20-9-5-6-10-21(20)27-19-15-24(16-19)18-11-13-23(14-12-18)22(25)17-7-3-2-4-8-17/h2-10,18-19H,11-16H2,1H3. The van der Waals surface area contributed by atoms with Crippen molar-refractivity contribution in [2.75, 3.05) is 33.3 Å². The van der Waals surface area contributed by atoms with Crippen LogP contribution in [0.15, 0.2) is 54.6 Å². The van der Waals surface area contributed by atoms with Crippen LogP contribution < -0.4 is 9.47 Å². The number of nitrogens with zero attached hydrogens (tertiary/aromatic N) is 2. The molecule has 0 spiro atoms. The Labute approximate surface area is 160 Å². The fourth-order valence-electron chi connectivity index (χ4n) is 3.94. The van der Waals surface area contributed by atoms with Gasteiger partial charge in [0.05, 0.1) is 7.11 Å². The SMILES string of the molecule is COc1ccccc1OC1CN(C2CCN(C(=O)c3ccccc3)CC2)C1. The molecule has 2 aliphatic rings. The highest BCUT2D eigenvalue weighted by Crippen LogP contribution is 2.30. The largest absolute Gasteiger partial charge is 0.493 e. The first kappa shape index (κ1) is 17.9. The quantitative estimate of drug-likeness (QED) is 0.816. The van der Waals surface area contributed by atoms with E-state index in [1.807, 2.05) is 59.5 Å². The molecule has 2 aliphatic heterocycles. The van der Waals surface area contributed by atoms with Gasteiger partial charge in [-0.3, -0.25) is 9.69 Å². The van der Waals surface area contributed by atoms with Gasteiger partial charge in [-0.1, -0.05) is 30.3 Å². The molecule has 5 heteroatoms. The fraction of sp³-hybridized carbons (Fsp3) is 0.409. The number of amides is 1. The average molecular weight is 366 g/mol. The molecule has 0 saturated carbocycles. The van der Waals surface area contributed by atoms with Crippen LogP contribution in [0.2, 0.25) is 0 Å². The minimum absolute atomic E-state index is 0.148. The van der Waals surface area contributed by atoms with Crippen molar-refractivity contribution < 1.29 is 14.3 Å². The van der Waals surface area contributed by atoms with Crippen LogP contribution in [0, 0.1) is 0 Å². The minimum Gasteiger partial charge on any atom is -0.493 e. The van der Waals surface area contributed by atoms with Gasteiger partial charge in [0.25, 0.3) is 5.91 Å². The van der Waals surface area contributed by atoms with E-state index >= 15 is 0 Å². The number of rotatable bonds is 5. The zero-order chi connectivity index (χ0) is 18.6. The highest BCUT2D eigenvalue weighted by atomic mass is 16.5. The van der Waals surface area contributed by atoms with Crippen LogP contribution in [-0.4, -0.2) is 61.1 Å². The van der Waals surface area contributed by atoms with Gasteiger partial charge in [-0.2, -0.15) is 0 Å². The molecule has 0 radical (unpaired) electrons. The molecular weight excluding hydrogens is 340 g/mol. The van der Waals surface area contributed by atoms with E-state index in [1.54, 1.807) is 7.11 Å². The lowest BCUT2D eigenvalue weighted by atomic mass is 9.98. The number of hydrogen-bond acceptors (Lipinski definition) is 4. The Bertz CT molecular complexity index is 766. The molecular formula is C22H26N2O3. The summed E-state index contributed by atoms with van der Waals surface area (Å²) in [6, 6.07) is 17.9. The molecule has 27 heavy (non-hydrogen) atoms. The Balaban J connectivity index is 1.24. The number of carbonyl (C=O) groups is 1. The van der Waals surface area contributed by atoms with Crippen LogP contribution in [0.3, 0.4) is 0 Å². The molecule has 2 saturated heterocycles. The lowest BCUT2D eigenvalue weighted by Crippen LogP contribution is -2.60. The molecule has 0 aromatic heterocycles. The summed E-state index contributed by atoms with van der Waals surface area (Å²) in [6.07, 6.45) is 2.27. The molecule has 0 N–H and O–H groups in total. The van der Waals surface area contributed by atoms with Crippen LogP contribution in [0.1, 0.15) is 23.2 Å². The molecule has 1 amide bonds. The molecule has 2 fully saturated rings. The van der Waals surface area contributed by atoms with Crippen molar-refractivity contribution >= 4 is 5.91 Å². The van der Waals surface area contributed by atoms with Gasteiger partial charge in [-0.25, -0.2) is 0 Å². The third-order valence-corrected chi connectivity index (χ3v) is 5.53. The third-order valence-electron chi connectivity index (χ3n) is 5.53. The first-order chi connectivity index (χ1) is 13.2. The van der Waals surface area contributed by atoms with Crippen molar-refractivity contribution in [2.45, 2.75) is 25.0 Å². The summed E-state index contributed by atoms with van der Waals surface area (Å²) in [6.45, 7) is 3.53. The summed E-state index contributed by atoms with van der Waals surface area (Å²) in [5, 5.41) is 0. The molecule has 5 nitrogen and oxygen atoms in total. The summed E-state index contributed by atoms with van der Waals surface area (Å²) in [7, 11) is 1.67. The Morgan fingerprint density at radius 1 is 0.926 bits per heavy atom. The second-order valence-electron chi connectivity index (χ2n) is 7.23. The third kappa shape index (κ3) is 3.93. The van der Waals surface area contributed by atoms with Gasteiger partial charge in [0.15, 0.2) is 11.5 Å². The summed E-state index contributed by atoms with van der Waals surface area (Å²) < 4.78 is 11.4. The minimum atomic E-state index is 0.148. The average Bonchev–Trinajstić information content (AvgIpc) is 2.71. The molecule has 0 atom stereocenters. The van der Waals surface area contributed by atoms with Crippen molar-refractivity contribution in [3.63, 3.8) is 0 Å². The maximum atomic E-state index is 12.6. The van der Waals surface area contributed by atoms with Crippen molar-refractivity contribution in [1.29, 1.82) is 0 Å². The molecule has 4 rings (SSSR count). The summed E-state index contributed by atoms with van der Waals surface area (Å²) in [5.41, 5.74) is 0.783. The number of methoxy groups -OCH3 is 1. The molecule has 0 bridgehead atoms. The Kier molecular flexibility index (Phi) is 5.30. The topological polar surface area (TPSA) is 42.0 Å². The zero-order valence-electron chi connectivity index (χ0n) is 15.7. The van der Waals surface area contributed by atoms with Crippen LogP contribution in [0.4, 0.5) is 0 Å². The maximum absolute atomic E-state index is 12.6. The molecule has 142 valence electrons. The van der Waals surface area contributed by atoms with Gasteiger partial charge in [0, 0.05) is 37.8 Å². The van der Waals surface area contributed by atoms with E-state index in [2.05, 4.69) is 4.90 Å². The fourth-order valence-corrected chi connectivity index (χ4v) is 3.94. The maximum Gasteiger partial charge on any atom is 0.253 e. The van der Waals surface area contributed by atoms with Crippen molar-refractivity contribution in [3.8, 4) is 11.5 Å². The first-order valence-corrected chi connectivity index (χ1v) is 9.62. The van der Waals surface area contributed by atoms with Gasteiger partial charge < -0.3 is 14.4 Å². The monoisotopic (exact) mass is 366 g/mol. The van der Waals surface area contributed by atoms with Gasteiger partial charge in [-0.05, 0) is 37.1 Å². The Morgan fingerprint density at radius 2 is 1.56 bits per heavy atom. The molecule has 2 heterocycles.